The first-order chi connectivity index (χ1) is 14.0. The Bertz CT molecular complexity index is 820. The number of hydrogen-bond acceptors (Lipinski definition) is 3. The van der Waals surface area contributed by atoms with Gasteiger partial charge in [0, 0.05) is 25.0 Å². The maximum Gasteiger partial charge on any atom is 0.260 e. The number of nitrogens with zero attached hydrogens (tertiary/aromatic N) is 1. The molecule has 0 spiro atoms. The largest absolute Gasteiger partial charge is 0.484 e. The van der Waals surface area contributed by atoms with Crippen molar-refractivity contribution in [2.24, 2.45) is 5.92 Å². The Balaban J connectivity index is 1.40. The van der Waals surface area contributed by atoms with Crippen LogP contribution in [0.2, 0.25) is 0 Å². The zero-order valence-electron chi connectivity index (χ0n) is 16.6. The first-order valence-corrected chi connectivity index (χ1v) is 10.0. The molecule has 1 fully saturated rings. The molecular weight excluding hydrogens is 371 g/mol. The predicted molar refractivity (Wildman–Crippen MR) is 109 cm³/mol. The SMILES string of the molecule is CC(Cc1ccccc1F)NC(=O)C1CCN(C(=O)COc2ccccc2)CC1. The van der Waals surface area contributed by atoms with Crippen LogP contribution in [-0.2, 0) is 16.0 Å². The summed E-state index contributed by atoms with van der Waals surface area (Å²) in [5.74, 6) is 0.191. The van der Waals surface area contributed by atoms with Gasteiger partial charge in [0.2, 0.25) is 5.91 Å². The molecule has 0 aliphatic carbocycles. The zero-order chi connectivity index (χ0) is 20.6. The Kier molecular flexibility index (Phi) is 7.22. The van der Waals surface area contributed by atoms with Gasteiger partial charge in [-0.15, -0.1) is 0 Å². The number of carbonyl (C=O) groups is 2. The standard InChI is InChI=1S/C23H27FN2O3/c1-17(15-19-7-5-6-10-21(19)24)25-23(28)18-11-13-26(14-12-18)22(27)16-29-20-8-3-2-4-9-20/h2-10,17-18H,11-16H2,1H3,(H,25,28). The maximum atomic E-state index is 13.8. The van der Waals surface area contributed by atoms with Crippen molar-refractivity contribution >= 4 is 11.8 Å². The highest BCUT2D eigenvalue weighted by atomic mass is 19.1. The fourth-order valence-electron chi connectivity index (χ4n) is 3.55. The van der Waals surface area contributed by atoms with Gasteiger partial charge in [0.1, 0.15) is 11.6 Å². The summed E-state index contributed by atoms with van der Waals surface area (Å²) >= 11 is 0. The number of hydrogen-bond donors (Lipinski definition) is 1. The van der Waals surface area contributed by atoms with Gasteiger partial charge in [-0.25, -0.2) is 4.39 Å². The van der Waals surface area contributed by atoms with Crippen LogP contribution in [0.5, 0.6) is 5.75 Å². The Hall–Kier alpha value is -2.89. The minimum Gasteiger partial charge on any atom is -0.484 e. The van der Waals surface area contributed by atoms with Crippen LogP contribution < -0.4 is 10.1 Å². The van der Waals surface area contributed by atoms with Gasteiger partial charge in [-0.05, 0) is 49.9 Å². The highest BCUT2D eigenvalue weighted by Gasteiger charge is 2.28. The highest BCUT2D eigenvalue weighted by molar-refractivity contribution is 5.80. The molecule has 0 aromatic heterocycles. The van der Waals surface area contributed by atoms with Crippen LogP contribution in [0.3, 0.4) is 0 Å². The summed E-state index contributed by atoms with van der Waals surface area (Å²) < 4.78 is 19.3. The molecule has 3 rings (SSSR count). The minimum atomic E-state index is -0.252. The highest BCUT2D eigenvalue weighted by Crippen LogP contribution is 2.19. The average molecular weight is 398 g/mol. The number of nitrogens with one attached hydrogen (secondary N) is 1. The normalized spacial score (nSPS) is 15.6. The first-order valence-electron chi connectivity index (χ1n) is 10.0. The Labute approximate surface area is 170 Å². The van der Waals surface area contributed by atoms with Gasteiger partial charge in [0.25, 0.3) is 5.91 Å². The first kappa shape index (κ1) is 20.8. The lowest BCUT2D eigenvalue weighted by Gasteiger charge is -2.32. The quantitative estimate of drug-likeness (QED) is 0.779. The lowest BCUT2D eigenvalue weighted by Crippen LogP contribution is -2.46. The van der Waals surface area contributed by atoms with Crippen molar-refractivity contribution in [2.75, 3.05) is 19.7 Å². The molecule has 0 saturated carbocycles. The number of piperidine rings is 1. The van der Waals surface area contributed by atoms with Crippen molar-refractivity contribution in [1.82, 2.24) is 10.2 Å². The molecule has 5 nitrogen and oxygen atoms in total. The fraction of sp³-hybridized carbons (Fsp3) is 0.391. The van der Waals surface area contributed by atoms with E-state index in [1.807, 2.05) is 37.3 Å². The van der Waals surface area contributed by atoms with Crippen molar-refractivity contribution in [3.05, 3.63) is 66.0 Å². The van der Waals surface area contributed by atoms with Crippen LogP contribution in [-0.4, -0.2) is 42.5 Å². The predicted octanol–water partition coefficient (Wildman–Crippen LogP) is 3.19. The van der Waals surface area contributed by atoms with Crippen molar-refractivity contribution in [2.45, 2.75) is 32.2 Å². The molecule has 1 atom stereocenters. The summed E-state index contributed by atoms with van der Waals surface area (Å²) in [5, 5.41) is 2.98. The molecule has 0 radical (unpaired) electrons. The van der Waals surface area contributed by atoms with E-state index in [2.05, 4.69) is 5.32 Å². The van der Waals surface area contributed by atoms with Gasteiger partial charge < -0.3 is 15.0 Å². The lowest BCUT2D eigenvalue weighted by atomic mass is 9.95. The summed E-state index contributed by atoms with van der Waals surface area (Å²) in [6.45, 7) is 2.96. The number of carbonyl (C=O) groups excluding carboxylic acids is 2. The topological polar surface area (TPSA) is 58.6 Å². The van der Waals surface area contributed by atoms with Crippen molar-refractivity contribution < 1.29 is 18.7 Å². The lowest BCUT2D eigenvalue weighted by molar-refractivity contribution is -0.137. The molecule has 2 amide bonds. The molecule has 154 valence electrons. The van der Waals surface area contributed by atoms with Crippen molar-refractivity contribution in [3.8, 4) is 5.75 Å². The van der Waals surface area contributed by atoms with E-state index >= 15 is 0 Å². The number of likely N-dealkylation sites (tertiary alicyclic amines) is 1. The van der Waals surface area contributed by atoms with Gasteiger partial charge in [0.15, 0.2) is 6.61 Å². The number of ether oxygens (including phenoxy) is 1. The number of amides is 2. The third kappa shape index (κ3) is 6.04. The molecule has 0 bridgehead atoms. The molecule has 1 aliphatic heterocycles. The van der Waals surface area contributed by atoms with Gasteiger partial charge in [-0.1, -0.05) is 36.4 Å². The summed E-state index contributed by atoms with van der Waals surface area (Å²) in [7, 11) is 0. The average Bonchev–Trinajstić information content (AvgIpc) is 2.74. The van der Waals surface area contributed by atoms with E-state index in [0.717, 1.165) is 0 Å². The molecule has 1 aliphatic rings. The smallest absolute Gasteiger partial charge is 0.260 e. The minimum absolute atomic E-state index is 0.000546. The molecule has 1 heterocycles. The van der Waals surface area contributed by atoms with E-state index in [4.69, 9.17) is 4.74 Å². The van der Waals surface area contributed by atoms with Crippen LogP contribution in [0.25, 0.3) is 0 Å². The molecule has 6 heteroatoms. The van der Waals surface area contributed by atoms with E-state index in [1.54, 1.807) is 23.1 Å². The van der Waals surface area contributed by atoms with Crippen LogP contribution in [0.1, 0.15) is 25.3 Å². The number of halogens is 1. The third-order valence-corrected chi connectivity index (χ3v) is 5.20. The summed E-state index contributed by atoms with van der Waals surface area (Å²) in [6, 6.07) is 15.7. The Morgan fingerprint density at radius 2 is 1.76 bits per heavy atom. The maximum absolute atomic E-state index is 13.8. The van der Waals surface area contributed by atoms with E-state index in [1.165, 1.54) is 6.07 Å². The molecule has 2 aromatic carbocycles. The van der Waals surface area contributed by atoms with Crippen molar-refractivity contribution in [1.29, 1.82) is 0 Å². The molecule has 1 N–H and O–H groups in total. The Morgan fingerprint density at radius 3 is 2.45 bits per heavy atom. The molecular formula is C23H27FN2O3. The zero-order valence-corrected chi connectivity index (χ0v) is 16.6. The van der Waals surface area contributed by atoms with Crippen molar-refractivity contribution in [3.63, 3.8) is 0 Å². The molecule has 1 unspecified atom stereocenters. The fourth-order valence-corrected chi connectivity index (χ4v) is 3.55. The van der Waals surface area contributed by atoms with Crippen LogP contribution in [0.15, 0.2) is 54.6 Å². The summed E-state index contributed by atoms with van der Waals surface area (Å²) in [5.41, 5.74) is 0.596. The summed E-state index contributed by atoms with van der Waals surface area (Å²) in [4.78, 5) is 26.6. The second-order valence-corrected chi connectivity index (χ2v) is 7.46. The molecule has 1 saturated heterocycles. The third-order valence-electron chi connectivity index (χ3n) is 5.20. The van der Waals surface area contributed by atoms with E-state index in [9.17, 15) is 14.0 Å². The monoisotopic (exact) mass is 398 g/mol. The number of rotatable bonds is 7. The van der Waals surface area contributed by atoms with E-state index < -0.39 is 0 Å². The second kappa shape index (κ2) is 10.0. The van der Waals surface area contributed by atoms with Gasteiger partial charge in [-0.2, -0.15) is 0 Å². The number of para-hydroxylation sites is 1. The number of benzene rings is 2. The van der Waals surface area contributed by atoms with E-state index in [-0.39, 0.29) is 36.2 Å². The van der Waals surface area contributed by atoms with Gasteiger partial charge in [0.05, 0.1) is 0 Å². The van der Waals surface area contributed by atoms with Crippen LogP contribution in [0, 0.1) is 11.7 Å². The summed E-state index contributed by atoms with van der Waals surface area (Å²) in [6.07, 6.45) is 1.69. The van der Waals surface area contributed by atoms with Crippen LogP contribution in [0.4, 0.5) is 4.39 Å². The molecule has 29 heavy (non-hydrogen) atoms. The Morgan fingerprint density at radius 1 is 1.10 bits per heavy atom. The van der Waals surface area contributed by atoms with E-state index in [0.29, 0.717) is 43.7 Å². The van der Waals surface area contributed by atoms with Gasteiger partial charge >= 0.3 is 0 Å². The van der Waals surface area contributed by atoms with Gasteiger partial charge in [-0.3, -0.25) is 9.59 Å². The second-order valence-electron chi connectivity index (χ2n) is 7.46. The van der Waals surface area contributed by atoms with Crippen LogP contribution >= 0.6 is 0 Å². The molecule has 2 aromatic rings.